The Hall–Kier alpha value is -3.82. The Bertz CT molecular complexity index is 1480. The fourth-order valence-electron chi connectivity index (χ4n) is 4.20. The number of nitrogens with one attached hydrogen (secondary N) is 2. The first-order valence-corrected chi connectivity index (χ1v) is 13.6. The summed E-state index contributed by atoms with van der Waals surface area (Å²) < 4.78 is 23.3. The van der Waals surface area contributed by atoms with Gasteiger partial charge in [-0.05, 0) is 55.0 Å². The number of benzene rings is 3. The van der Waals surface area contributed by atoms with Crippen LogP contribution < -0.4 is 5.32 Å². The zero-order chi connectivity index (χ0) is 25.1. The number of hydrogen-bond donors (Lipinski definition) is 2. The number of rotatable bonds is 6. The van der Waals surface area contributed by atoms with Crippen molar-refractivity contribution in [2.24, 2.45) is 0 Å². The molecule has 0 bridgehead atoms. The summed E-state index contributed by atoms with van der Waals surface area (Å²) in [6.07, 6.45) is 0. The maximum Gasteiger partial charge on any atom is 0.255 e. The highest BCUT2D eigenvalue weighted by molar-refractivity contribution is 7.91. The minimum Gasteiger partial charge on any atom is -0.322 e. The molecular formula is C27H27N5O3S. The van der Waals surface area contributed by atoms with Gasteiger partial charge in [-0.3, -0.25) is 14.8 Å². The smallest absolute Gasteiger partial charge is 0.255 e. The van der Waals surface area contributed by atoms with Gasteiger partial charge in [0.15, 0.2) is 21.5 Å². The number of carbonyl (C=O) groups is 1. The quantitative estimate of drug-likeness (QED) is 0.415. The van der Waals surface area contributed by atoms with Gasteiger partial charge in [0.1, 0.15) is 0 Å². The highest BCUT2D eigenvalue weighted by Gasteiger charge is 2.21. The van der Waals surface area contributed by atoms with Crippen molar-refractivity contribution in [3.05, 3.63) is 89.5 Å². The summed E-state index contributed by atoms with van der Waals surface area (Å²) in [5, 5.41) is 10.3. The molecular weight excluding hydrogens is 474 g/mol. The minimum absolute atomic E-state index is 0.185. The molecule has 3 aromatic carbocycles. The van der Waals surface area contributed by atoms with Gasteiger partial charge in [0.25, 0.3) is 5.91 Å². The number of aromatic amines is 1. The van der Waals surface area contributed by atoms with Crippen LogP contribution in [0.4, 0.5) is 5.69 Å². The van der Waals surface area contributed by atoms with Crippen LogP contribution in [0.3, 0.4) is 0 Å². The van der Waals surface area contributed by atoms with Gasteiger partial charge >= 0.3 is 0 Å². The molecule has 36 heavy (non-hydrogen) atoms. The summed E-state index contributed by atoms with van der Waals surface area (Å²) >= 11 is 0. The van der Waals surface area contributed by atoms with Crippen molar-refractivity contribution in [1.82, 2.24) is 20.1 Å². The van der Waals surface area contributed by atoms with Crippen molar-refractivity contribution < 1.29 is 13.2 Å². The second kappa shape index (κ2) is 10.0. The van der Waals surface area contributed by atoms with Crippen molar-refractivity contribution >= 4 is 21.4 Å². The fourth-order valence-corrected chi connectivity index (χ4v) is 5.47. The summed E-state index contributed by atoms with van der Waals surface area (Å²) in [5.74, 6) is 1.46. The van der Waals surface area contributed by atoms with Crippen molar-refractivity contribution in [1.29, 1.82) is 0 Å². The molecule has 1 aliphatic rings. The number of anilines is 1. The molecule has 0 aliphatic carbocycles. The maximum absolute atomic E-state index is 12.9. The van der Waals surface area contributed by atoms with E-state index in [1.54, 1.807) is 6.07 Å². The third kappa shape index (κ3) is 5.69. The standard InChI is InChI=1S/C27H27N5O3S/c1-19-4-2-6-22(16-19)26-29-25(30-31-26)21-8-10-24(11-9-21)28-27(33)23-7-3-5-20(17-23)18-32-12-14-36(34,35)15-13-32/h2-11,16-17H,12-15,18H2,1H3,(H,28,33)(H,29,30,31). The maximum atomic E-state index is 12.9. The van der Waals surface area contributed by atoms with E-state index in [2.05, 4.69) is 25.4 Å². The van der Waals surface area contributed by atoms with Crippen molar-refractivity contribution in [3.8, 4) is 22.8 Å². The number of hydrogen-bond acceptors (Lipinski definition) is 6. The third-order valence-corrected chi connectivity index (χ3v) is 7.82. The molecule has 2 N–H and O–H groups in total. The molecule has 1 aromatic heterocycles. The summed E-state index contributed by atoms with van der Waals surface area (Å²) in [4.78, 5) is 19.6. The number of carbonyl (C=O) groups excluding carboxylic acids is 1. The molecule has 1 saturated heterocycles. The molecule has 1 aliphatic heterocycles. The van der Waals surface area contributed by atoms with E-state index in [0.29, 0.717) is 42.5 Å². The van der Waals surface area contributed by atoms with Gasteiger partial charge in [-0.1, -0.05) is 35.9 Å². The Morgan fingerprint density at radius 3 is 2.47 bits per heavy atom. The third-order valence-electron chi connectivity index (χ3n) is 6.21. The number of nitrogens with zero attached hydrogens (tertiary/aromatic N) is 3. The fraction of sp³-hybridized carbons (Fsp3) is 0.222. The Kier molecular flexibility index (Phi) is 6.67. The predicted octanol–water partition coefficient (Wildman–Crippen LogP) is 3.93. The number of H-pyrrole nitrogens is 1. The summed E-state index contributed by atoms with van der Waals surface area (Å²) in [5.41, 5.74) is 5.17. The monoisotopic (exact) mass is 501 g/mol. The van der Waals surface area contributed by atoms with Crippen LogP contribution in [0.5, 0.6) is 0 Å². The minimum atomic E-state index is -2.91. The van der Waals surface area contributed by atoms with Gasteiger partial charge in [-0.25, -0.2) is 13.4 Å². The van der Waals surface area contributed by atoms with Crippen LogP contribution in [0, 0.1) is 6.92 Å². The summed E-state index contributed by atoms with van der Waals surface area (Å²) in [6, 6.07) is 22.9. The van der Waals surface area contributed by atoms with Gasteiger partial charge in [0.2, 0.25) is 0 Å². The van der Waals surface area contributed by atoms with Gasteiger partial charge < -0.3 is 5.32 Å². The number of aromatic nitrogens is 3. The SMILES string of the molecule is Cc1cccc(-c2n[nH]c(-c3ccc(NC(=O)c4cccc(CN5CCS(=O)(=O)CC5)c4)cc3)n2)c1. The molecule has 5 rings (SSSR count). The normalized spacial score (nSPS) is 15.5. The molecule has 9 heteroatoms. The van der Waals surface area contributed by atoms with Gasteiger partial charge in [0.05, 0.1) is 11.5 Å². The van der Waals surface area contributed by atoms with Gasteiger partial charge in [-0.2, -0.15) is 5.10 Å². The van der Waals surface area contributed by atoms with Crippen LogP contribution in [0.25, 0.3) is 22.8 Å². The lowest BCUT2D eigenvalue weighted by Gasteiger charge is -2.26. The Morgan fingerprint density at radius 1 is 0.972 bits per heavy atom. The largest absolute Gasteiger partial charge is 0.322 e. The molecule has 2 heterocycles. The van der Waals surface area contributed by atoms with E-state index in [1.807, 2.05) is 73.7 Å². The Morgan fingerprint density at radius 2 is 1.72 bits per heavy atom. The van der Waals surface area contributed by atoms with Crippen LogP contribution in [0.15, 0.2) is 72.8 Å². The molecule has 1 fully saturated rings. The Labute approximate surface area is 210 Å². The predicted molar refractivity (Wildman–Crippen MR) is 140 cm³/mol. The number of aryl methyl sites for hydroxylation is 1. The lowest BCUT2D eigenvalue weighted by atomic mass is 10.1. The average Bonchev–Trinajstić information content (AvgIpc) is 3.37. The zero-order valence-electron chi connectivity index (χ0n) is 19.9. The van der Waals surface area contributed by atoms with E-state index >= 15 is 0 Å². The highest BCUT2D eigenvalue weighted by Crippen LogP contribution is 2.22. The van der Waals surface area contributed by atoms with Crippen LogP contribution in [-0.4, -0.2) is 59.0 Å². The van der Waals surface area contributed by atoms with Crippen molar-refractivity contribution in [2.75, 3.05) is 29.9 Å². The number of amides is 1. The molecule has 184 valence electrons. The molecule has 8 nitrogen and oxygen atoms in total. The van der Waals surface area contributed by atoms with Gasteiger partial charge in [-0.15, -0.1) is 0 Å². The van der Waals surface area contributed by atoms with Crippen LogP contribution in [0.1, 0.15) is 21.5 Å². The first kappa shape index (κ1) is 23.9. The van der Waals surface area contributed by atoms with E-state index in [-0.39, 0.29) is 17.4 Å². The highest BCUT2D eigenvalue weighted by atomic mass is 32.2. The van der Waals surface area contributed by atoms with E-state index in [1.165, 1.54) is 0 Å². The zero-order valence-corrected chi connectivity index (χ0v) is 20.8. The van der Waals surface area contributed by atoms with Crippen molar-refractivity contribution in [2.45, 2.75) is 13.5 Å². The number of sulfone groups is 1. The van der Waals surface area contributed by atoms with E-state index in [4.69, 9.17) is 0 Å². The van der Waals surface area contributed by atoms with Crippen LogP contribution in [0.2, 0.25) is 0 Å². The van der Waals surface area contributed by atoms with Crippen molar-refractivity contribution in [3.63, 3.8) is 0 Å². The lowest BCUT2D eigenvalue weighted by Crippen LogP contribution is -2.39. The molecule has 0 saturated carbocycles. The van der Waals surface area contributed by atoms with Crippen LogP contribution in [-0.2, 0) is 16.4 Å². The average molecular weight is 502 g/mol. The lowest BCUT2D eigenvalue weighted by molar-refractivity contribution is 0.102. The topological polar surface area (TPSA) is 108 Å². The second-order valence-electron chi connectivity index (χ2n) is 9.04. The molecule has 1 amide bonds. The molecule has 0 unspecified atom stereocenters. The first-order valence-electron chi connectivity index (χ1n) is 11.8. The van der Waals surface area contributed by atoms with E-state index in [0.717, 1.165) is 22.3 Å². The van der Waals surface area contributed by atoms with Gasteiger partial charge in [0, 0.05) is 42.0 Å². The van der Waals surface area contributed by atoms with Crippen LogP contribution >= 0.6 is 0 Å². The summed E-state index contributed by atoms with van der Waals surface area (Å²) in [6.45, 7) is 3.68. The molecule has 4 aromatic rings. The molecule has 0 radical (unpaired) electrons. The first-order chi connectivity index (χ1) is 17.3. The summed E-state index contributed by atoms with van der Waals surface area (Å²) in [7, 11) is -2.91. The molecule has 0 spiro atoms. The van der Waals surface area contributed by atoms with E-state index in [9.17, 15) is 13.2 Å². The molecule has 0 atom stereocenters. The Balaban J connectivity index is 1.22. The van der Waals surface area contributed by atoms with E-state index < -0.39 is 9.84 Å². The second-order valence-corrected chi connectivity index (χ2v) is 11.3.